The number of halogens is 2. The highest BCUT2D eigenvalue weighted by molar-refractivity contribution is 7.81. The Morgan fingerprint density at radius 3 is 2.32 bits per heavy atom. The van der Waals surface area contributed by atoms with E-state index in [1.807, 2.05) is 31.2 Å². The zero-order valence-electron chi connectivity index (χ0n) is 10.4. The lowest BCUT2D eigenvalue weighted by Gasteiger charge is -2.00. The fourth-order valence-corrected chi connectivity index (χ4v) is 1.81. The van der Waals surface area contributed by atoms with Gasteiger partial charge in [-0.3, -0.25) is 0 Å². The minimum Gasteiger partial charge on any atom is -0.204 e. The molecule has 0 N–H and O–H groups in total. The Bertz CT molecular complexity index is 628. The molecule has 0 fully saturated rings. The van der Waals surface area contributed by atoms with Crippen LogP contribution in [-0.4, -0.2) is 4.86 Å². The van der Waals surface area contributed by atoms with Gasteiger partial charge in [0.25, 0.3) is 0 Å². The van der Waals surface area contributed by atoms with Crippen LogP contribution in [0, 0.1) is 18.6 Å². The normalized spacial score (nSPS) is 10.9. The van der Waals surface area contributed by atoms with Crippen LogP contribution in [0.5, 0.6) is 0 Å². The summed E-state index contributed by atoms with van der Waals surface area (Å²) in [5.41, 5.74) is 2.67. The molecule has 0 amide bonds. The summed E-state index contributed by atoms with van der Waals surface area (Å²) in [6, 6.07) is 11.6. The third-order valence-electron chi connectivity index (χ3n) is 2.71. The molecule has 0 aromatic heterocycles. The van der Waals surface area contributed by atoms with Crippen LogP contribution < -0.4 is 0 Å². The molecule has 2 rings (SSSR count). The summed E-state index contributed by atoms with van der Waals surface area (Å²) < 4.78 is 25.8. The molecular formula is C16H12F2S. The van der Waals surface area contributed by atoms with Crippen LogP contribution in [0.2, 0.25) is 0 Å². The molecule has 0 saturated heterocycles. The first-order valence-electron chi connectivity index (χ1n) is 5.80. The van der Waals surface area contributed by atoms with Crippen LogP contribution in [0.25, 0.3) is 6.08 Å². The predicted molar refractivity (Wildman–Crippen MR) is 78.3 cm³/mol. The first-order valence-corrected chi connectivity index (χ1v) is 6.21. The van der Waals surface area contributed by atoms with Crippen molar-refractivity contribution in [1.82, 2.24) is 0 Å². The largest absolute Gasteiger partial charge is 0.204 e. The summed E-state index contributed by atoms with van der Waals surface area (Å²) in [5.74, 6) is -1.71. The Morgan fingerprint density at radius 1 is 1.00 bits per heavy atom. The average molecular weight is 274 g/mol. The van der Waals surface area contributed by atoms with Gasteiger partial charge in [-0.25, -0.2) is 8.78 Å². The molecule has 0 heterocycles. The van der Waals surface area contributed by atoms with Gasteiger partial charge in [-0.05, 0) is 36.3 Å². The van der Waals surface area contributed by atoms with E-state index in [-0.39, 0.29) is 0 Å². The van der Waals surface area contributed by atoms with E-state index < -0.39 is 11.6 Å². The summed E-state index contributed by atoms with van der Waals surface area (Å²) >= 11 is 5.27. The van der Waals surface area contributed by atoms with E-state index in [4.69, 9.17) is 12.2 Å². The van der Waals surface area contributed by atoms with Gasteiger partial charge in [0.2, 0.25) is 0 Å². The highest BCUT2D eigenvalue weighted by Crippen LogP contribution is 2.12. The number of rotatable bonds is 3. The summed E-state index contributed by atoms with van der Waals surface area (Å²) in [4.78, 5) is 0.657. The van der Waals surface area contributed by atoms with E-state index in [0.717, 1.165) is 23.3 Å². The van der Waals surface area contributed by atoms with Crippen molar-refractivity contribution in [2.24, 2.45) is 0 Å². The Labute approximate surface area is 116 Å². The van der Waals surface area contributed by atoms with E-state index in [9.17, 15) is 8.78 Å². The molecule has 0 aliphatic heterocycles. The fraction of sp³-hybridized carbons (Fsp3) is 0.0625. The van der Waals surface area contributed by atoms with E-state index in [1.165, 1.54) is 6.07 Å². The van der Waals surface area contributed by atoms with Crippen molar-refractivity contribution in [3.63, 3.8) is 0 Å². The maximum atomic E-state index is 13.0. The van der Waals surface area contributed by atoms with Crippen LogP contribution in [0.15, 0.2) is 48.5 Å². The molecule has 0 atom stereocenters. The van der Waals surface area contributed by atoms with Gasteiger partial charge in [0.05, 0.1) is 0 Å². The maximum absolute atomic E-state index is 13.0. The van der Waals surface area contributed by atoms with Crippen molar-refractivity contribution in [1.29, 1.82) is 0 Å². The lowest BCUT2D eigenvalue weighted by Crippen LogP contribution is -1.92. The van der Waals surface area contributed by atoms with Crippen LogP contribution in [0.4, 0.5) is 8.78 Å². The van der Waals surface area contributed by atoms with E-state index in [0.29, 0.717) is 10.4 Å². The summed E-state index contributed by atoms with van der Waals surface area (Å²) in [5, 5.41) is 0. The van der Waals surface area contributed by atoms with Gasteiger partial charge in [-0.2, -0.15) is 0 Å². The Morgan fingerprint density at radius 2 is 1.68 bits per heavy atom. The van der Waals surface area contributed by atoms with Crippen LogP contribution in [-0.2, 0) is 0 Å². The first kappa shape index (κ1) is 13.6. The Kier molecular flexibility index (Phi) is 4.17. The number of allylic oxidation sites excluding steroid dienone is 1. The number of thiocarbonyl (C=S) groups is 1. The molecule has 0 aliphatic carbocycles. The average Bonchev–Trinajstić information content (AvgIpc) is 2.40. The molecule has 0 aliphatic rings. The highest BCUT2D eigenvalue weighted by Gasteiger charge is 2.01. The lowest BCUT2D eigenvalue weighted by atomic mass is 10.1. The van der Waals surface area contributed by atoms with Crippen molar-refractivity contribution in [2.45, 2.75) is 6.92 Å². The van der Waals surface area contributed by atoms with Gasteiger partial charge in [0.1, 0.15) is 0 Å². The van der Waals surface area contributed by atoms with Crippen molar-refractivity contribution >= 4 is 23.2 Å². The molecule has 2 aromatic rings. The molecule has 0 unspecified atom stereocenters. The van der Waals surface area contributed by atoms with Crippen LogP contribution >= 0.6 is 12.2 Å². The smallest absolute Gasteiger partial charge is 0.159 e. The number of aryl methyl sites for hydroxylation is 1. The van der Waals surface area contributed by atoms with E-state index in [1.54, 1.807) is 12.2 Å². The third kappa shape index (κ3) is 3.55. The lowest BCUT2D eigenvalue weighted by molar-refractivity contribution is 0.508. The predicted octanol–water partition coefficient (Wildman–Crippen LogP) is 4.70. The van der Waals surface area contributed by atoms with Gasteiger partial charge in [0, 0.05) is 4.86 Å². The van der Waals surface area contributed by atoms with Crippen molar-refractivity contribution in [3.05, 3.63) is 76.9 Å². The van der Waals surface area contributed by atoms with Gasteiger partial charge < -0.3 is 0 Å². The van der Waals surface area contributed by atoms with Gasteiger partial charge in [-0.15, -0.1) is 0 Å². The van der Waals surface area contributed by atoms with Crippen molar-refractivity contribution in [2.75, 3.05) is 0 Å². The van der Waals surface area contributed by atoms with Crippen molar-refractivity contribution < 1.29 is 8.78 Å². The molecule has 0 saturated carbocycles. The standard InChI is InChI=1S/C16H12F2S/c1-11-2-6-13(7-3-11)16(19)9-5-12-4-8-14(17)15(18)10-12/h2-10H,1H3. The Hall–Kier alpha value is -1.87. The molecule has 3 heteroatoms. The highest BCUT2D eigenvalue weighted by atomic mass is 32.1. The van der Waals surface area contributed by atoms with Crippen molar-refractivity contribution in [3.8, 4) is 0 Å². The molecule has 0 radical (unpaired) electrons. The second-order valence-electron chi connectivity index (χ2n) is 4.24. The fourth-order valence-electron chi connectivity index (χ4n) is 1.60. The molecular weight excluding hydrogens is 262 g/mol. The Balaban J connectivity index is 2.15. The van der Waals surface area contributed by atoms with E-state index >= 15 is 0 Å². The van der Waals surface area contributed by atoms with Crippen LogP contribution in [0.1, 0.15) is 16.7 Å². The second-order valence-corrected chi connectivity index (χ2v) is 4.68. The third-order valence-corrected chi connectivity index (χ3v) is 3.08. The second kappa shape index (κ2) is 5.85. The zero-order chi connectivity index (χ0) is 13.8. The first-order chi connectivity index (χ1) is 9.06. The quantitative estimate of drug-likeness (QED) is 0.444. The summed E-state index contributed by atoms with van der Waals surface area (Å²) in [6.45, 7) is 2.00. The van der Waals surface area contributed by atoms with E-state index in [2.05, 4.69) is 0 Å². The minimum absolute atomic E-state index is 0.577. The minimum atomic E-state index is -0.858. The molecule has 2 aromatic carbocycles. The summed E-state index contributed by atoms with van der Waals surface area (Å²) in [6.07, 6.45) is 3.39. The zero-order valence-corrected chi connectivity index (χ0v) is 11.2. The molecule has 0 spiro atoms. The molecule has 0 nitrogen and oxygen atoms in total. The topological polar surface area (TPSA) is 0 Å². The van der Waals surface area contributed by atoms with Crippen LogP contribution in [0.3, 0.4) is 0 Å². The maximum Gasteiger partial charge on any atom is 0.159 e. The molecule has 19 heavy (non-hydrogen) atoms. The molecule has 0 bridgehead atoms. The van der Waals surface area contributed by atoms with Gasteiger partial charge in [0.15, 0.2) is 11.6 Å². The molecule has 96 valence electrons. The monoisotopic (exact) mass is 274 g/mol. The number of benzene rings is 2. The number of hydrogen-bond acceptors (Lipinski definition) is 1. The number of hydrogen-bond donors (Lipinski definition) is 0. The van der Waals surface area contributed by atoms with Gasteiger partial charge in [-0.1, -0.05) is 54.2 Å². The SMILES string of the molecule is Cc1ccc(C(=S)C=Cc2ccc(F)c(F)c2)cc1. The summed E-state index contributed by atoms with van der Waals surface area (Å²) in [7, 11) is 0. The van der Waals surface area contributed by atoms with Gasteiger partial charge >= 0.3 is 0 Å².